The molecule has 1 heterocycles. The van der Waals surface area contributed by atoms with Crippen LogP contribution in [-0.2, 0) is 5.54 Å². The number of nitrogens with two attached hydrogens (primary N) is 1. The molecule has 2 N–H and O–H groups in total. The standard InChI is InChI=1S/C12H17N5/c1-8-7-9(13)5-6-10(8)11-14-15-16-17(11)12(2,3)4/h5-7H,13H2,1-4H3. The topological polar surface area (TPSA) is 69.6 Å². The third-order valence-corrected chi connectivity index (χ3v) is 2.60. The molecular formula is C12H17N5. The number of hydrogen-bond acceptors (Lipinski definition) is 4. The number of aryl methyl sites for hydroxylation is 1. The summed E-state index contributed by atoms with van der Waals surface area (Å²) in [7, 11) is 0. The summed E-state index contributed by atoms with van der Waals surface area (Å²) in [5, 5.41) is 11.9. The summed E-state index contributed by atoms with van der Waals surface area (Å²) >= 11 is 0. The summed E-state index contributed by atoms with van der Waals surface area (Å²) in [5.41, 5.74) is 8.44. The molecule has 0 saturated carbocycles. The number of rotatable bonds is 1. The SMILES string of the molecule is Cc1cc(N)ccc1-c1nnnn1C(C)(C)C. The van der Waals surface area contributed by atoms with Crippen LogP contribution in [0.15, 0.2) is 18.2 Å². The van der Waals surface area contributed by atoms with E-state index in [0.717, 1.165) is 22.6 Å². The van der Waals surface area contributed by atoms with Gasteiger partial charge in [0.1, 0.15) is 0 Å². The first kappa shape index (κ1) is 11.6. The van der Waals surface area contributed by atoms with Gasteiger partial charge in [0.25, 0.3) is 0 Å². The molecule has 0 bridgehead atoms. The summed E-state index contributed by atoms with van der Waals surface area (Å²) in [6.07, 6.45) is 0. The van der Waals surface area contributed by atoms with Crippen LogP contribution in [0.4, 0.5) is 5.69 Å². The molecule has 17 heavy (non-hydrogen) atoms. The maximum absolute atomic E-state index is 5.75. The van der Waals surface area contributed by atoms with Crippen molar-refractivity contribution >= 4 is 5.69 Å². The number of nitrogens with zero attached hydrogens (tertiary/aromatic N) is 4. The average Bonchev–Trinajstić information content (AvgIpc) is 2.65. The third-order valence-electron chi connectivity index (χ3n) is 2.60. The van der Waals surface area contributed by atoms with E-state index in [1.165, 1.54) is 0 Å². The molecule has 5 nitrogen and oxygen atoms in total. The van der Waals surface area contributed by atoms with Crippen molar-refractivity contribution < 1.29 is 0 Å². The fraction of sp³-hybridized carbons (Fsp3) is 0.417. The quantitative estimate of drug-likeness (QED) is 0.762. The van der Waals surface area contributed by atoms with Gasteiger partial charge in [0.2, 0.25) is 0 Å². The monoisotopic (exact) mass is 231 g/mol. The summed E-state index contributed by atoms with van der Waals surface area (Å²) in [6, 6.07) is 5.75. The number of aromatic nitrogens is 4. The van der Waals surface area contributed by atoms with E-state index in [9.17, 15) is 0 Å². The van der Waals surface area contributed by atoms with Crippen molar-refractivity contribution in [1.29, 1.82) is 0 Å². The summed E-state index contributed by atoms with van der Waals surface area (Å²) in [4.78, 5) is 0. The first-order valence-corrected chi connectivity index (χ1v) is 5.55. The number of tetrazole rings is 1. The Morgan fingerprint density at radius 2 is 1.94 bits per heavy atom. The summed E-state index contributed by atoms with van der Waals surface area (Å²) < 4.78 is 1.82. The van der Waals surface area contributed by atoms with Gasteiger partial charge in [-0.15, -0.1) is 5.10 Å². The fourth-order valence-corrected chi connectivity index (χ4v) is 1.74. The first-order valence-electron chi connectivity index (χ1n) is 5.55. The molecule has 0 radical (unpaired) electrons. The second kappa shape index (κ2) is 3.84. The van der Waals surface area contributed by atoms with Gasteiger partial charge in [-0.2, -0.15) is 0 Å². The van der Waals surface area contributed by atoms with Crippen molar-refractivity contribution in [1.82, 2.24) is 20.2 Å². The molecule has 2 rings (SSSR count). The highest BCUT2D eigenvalue weighted by Gasteiger charge is 2.21. The van der Waals surface area contributed by atoms with E-state index in [1.54, 1.807) is 0 Å². The van der Waals surface area contributed by atoms with Crippen LogP contribution in [0, 0.1) is 6.92 Å². The van der Waals surface area contributed by atoms with Crippen LogP contribution in [0.5, 0.6) is 0 Å². The van der Waals surface area contributed by atoms with Crippen LogP contribution in [0.25, 0.3) is 11.4 Å². The fourth-order valence-electron chi connectivity index (χ4n) is 1.74. The molecule has 90 valence electrons. The molecule has 1 aromatic carbocycles. The lowest BCUT2D eigenvalue weighted by Crippen LogP contribution is -2.24. The first-order chi connectivity index (χ1) is 7.89. The van der Waals surface area contributed by atoms with Crippen molar-refractivity contribution in [2.45, 2.75) is 33.2 Å². The number of hydrogen-bond donors (Lipinski definition) is 1. The third kappa shape index (κ3) is 2.13. The molecule has 0 amide bonds. The van der Waals surface area contributed by atoms with E-state index < -0.39 is 0 Å². The van der Waals surface area contributed by atoms with Crippen molar-refractivity contribution in [3.63, 3.8) is 0 Å². The molecule has 0 atom stereocenters. The van der Waals surface area contributed by atoms with Gasteiger partial charge in [-0.3, -0.25) is 0 Å². The van der Waals surface area contributed by atoms with E-state index in [1.807, 2.05) is 29.8 Å². The summed E-state index contributed by atoms with van der Waals surface area (Å²) in [5.74, 6) is 0.773. The highest BCUT2D eigenvalue weighted by molar-refractivity contribution is 5.63. The van der Waals surface area contributed by atoms with Crippen LogP contribution in [0.3, 0.4) is 0 Å². The van der Waals surface area contributed by atoms with Gasteiger partial charge in [-0.1, -0.05) is 0 Å². The predicted octanol–water partition coefficient (Wildman–Crippen LogP) is 1.99. The Hall–Kier alpha value is -1.91. The Bertz CT molecular complexity index is 536. The minimum Gasteiger partial charge on any atom is -0.399 e. The lowest BCUT2D eigenvalue weighted by atomic mass is 10.1. The lowest BCUT2D eigenvalue weighted by Gasteiger charge is -2.20. The van der Waals surface area contributed by atoms with Gasteiger partial charge in [-0.05, 0) is 61.9 Å². The van der Waals surface area contributed by atoms with Crippen LogP contribution in [0.1, 0.15) is 26.3 Å². The van der Waals surface area contributed by atoms with E-state index >= 15 is 0 Å². The predicted molar refractivity (Wildman–Crippen MR) is 67.4 cm³/mol. The van der Waals surface area contributed by atoms with Crippen molar-refractivity contribution in [2.75, 3.05) is 5.73 Å². The molecule has 0 spiro atoms. The smallest absolute Gasteiger partial charge is 0.182 e. The van der Waals surface area contributed by atoms with E-state index in [4.69, 9.17) is 5.73 Å². The van der Waals surface area contributed by atoms with E-state index in [2.05, 4.69) is 36.3 Å². The highest BCUT2D eigenvalue weighted by atomic mass is 15.6. The van der Waals surface area contributed by atoms with E-state index in [0.29, 0.717) is 0 Å². The number of nitrogen functional groups attached to an aromatic ring is 1. The Labute approximate surface area is 101 Å². The zero-order valence-corrected chi connectivity index (χ0v) is 10.6. The lowest BCUT2D eigenvalue weighted by molar-refractivity contribution is 0.351. The van der Waals surface area contributed by atoms with Crippen molar-refractivity contribution in [2.24, 2.45) is 0 Å². The van der Waals surface area contributed by atoms with Gasteiger partial charge >= 0.3 is 0 Å². The highest BCUT2D eigenvalue weighted by Crippen LogP contribution is 2.26. The van der Waals surface area contributed by atoms with Gasteiger partial charge in [-0.25, -0.2) is 4.68 Å². The normalized spacial score (nSPS) is 11.8. The largest absolute Gasteiger partial charge is 0.399 e. The summed E-state index contributed by atoms with van der Waals surface area (Å²) in [6.45, 7) is 8.21. The van der Waals surface area contributed by atoms with Crippen LogP contribution >= 0.6 is 0 Å². The molecule has 0 aliphatic heterocycles. The van der Waals surface area contributed by atoms with Crippen molar-refractivity contribution in [3.05, 3.63) is 23.8 Å². The zero-order valence-electron chi connectivity index (χ0n) is 10.6. The van der Waals surface area contributed by atoms with Crippen LogP contribution < -0.4 is 5.73 Å². The van der Waals surface area contributed by atoms with E-state index in [-0.39, 0.29) is 5.54 Å². The average molecular weight is 231 g/mol. The Balaban J connectivity index is 2.58. The molecule has 0 aliphatic carbocycles. The number of benzene rings is 1. The van der Waals surface area contributed by atoms with Crippen LogP contribution in [-0.4, -0.2) is 20.2 Å². The van der Waals surface area contributed by atoms with Gasteiger partial charge < -0.3 is 5.73 Å². The molecule has 0 fully saturated rings. The molecule has 2 aromatic rings. The van der Waals surface area contributed by atoms with Crippen molar-refractivity contribution in [3.8, 4) is 11.4 Å². The molecule has 5 heteroatoms. The maximum Gasteiger partial charge on any atom is 0.182 e. The molecule has 0 saturated heterocycles. The second-order valence-electron chi connectivity index (χ2n) is 5.16. The van der Waals surface area contributed by atoms with Crippen LogP contribution in [0.2, 0.25) is 0 Å². The minimum atomic E-state index is -0.146. The number of anilines is 1. The minimum absolute atomic E-state index is 0.146. The zero-order chi connectivity index (χ0) is 12.6. The second-order valence-corrected chi connectivity index (χ2v) is 5.16. The van der Waals surface area contributed by atoms with Gasteiger partial charge in [0.15, 0.2) is 5.82 Å². The molecule has 0 aliphatic rings. The molecule has 1 aromatic heterocycles. The maximum atomic E-state index is 5.75. The Morgan fingerprint density at radius 1 is 1.24 bits per heavy atom. The molecule has 0 unspecified atom stereocenters. The molecular weight excluding hydrogens is 214 g/mol. The Morgan fingerprint density at radius 3 is 2.53 bits per heavy atom. The van der Waals surface area contributed by atoms with Gasteiger partial charge in [0.05, 0.1) is 5.54 Å². The Kier molecular flexibility index (Phi) is 2.61. The van der Waals surface area contributed by atoms with Gasteiger partial charge in [0, 0.05) is 11.3 Å².